The first kappa shape index (κ1) is 13.0. The first-order chi connectivity index (χ1) is 7.29. The number of amides is 1. The summed E-state index contributed by atoms with van der Waals surface area (Å²) >= 11 is 0. The average Bonchev–Trinajstić information content (AvgIpc) is 1.96. The Labute approximate surface area is 96.9 Å². The lowest BCUT2D eigenvalue weighted by molar-refractivity contribution is -0.126. The molecule has 0 N–H and O–H groups in total. The van der Waals surface area contributed by atoms with Crippen molar-refractivity contribution in [2.75, 3.05) is 13.6 Å². The van der Waals surface area contributed by atoms with E-state index in [0.29, 0.717) is 0 Å². The molecule has 0 spiro atoms. The Hall–Kier alpha value is -1.06. The van der Waals surface area contributed by atoms with Gasteiger partial charge < -0.3 is 9.64 Å². The van der Waals surface area contributed by atoms with Crippen molar-refractivity contribution in [3.05, 3.63) is 0 Å². The second-order valence-corrected chi connectivity index (χ2v) is 5.43. The first-order valence-electron chi connectivity index (χ1n) is 5.76. The SMILES string of the molecule is CN(CC(=O)C1CCC1)C(=O)OC(C)(C)C. The molecule has 0 heterocycles. The predicted molar refractivity (Wildman–Crippen MR) is 61.2 cm³/mol. The number of hydrogen-bond acceptors (Lipinski definition) is 3. The van der Waals surface area contributed by atoms with Crippen LogP contribution in [0, 0.1) is 5.92 Å². The standard InChI is InChI=1S/C12H21NO3/c1-12(2,3)16-11(15)13(4)8-10(14)9-6-5-7-9/h9H,5-8H2,1-4H3. The molecular weight excluding hydrogens is 206 g/mol. The number of nitrogens with zero attached hydrogens (tertiary/aromatic N) is 1. The lowest BCUT2D eigenvalue weighted by Crippen LogP contribution is -2.39. The molecule has 1 rings (SSSR count). The van der Waals surface area contributed by atoms with Crippen molar-refractivity contribution in [1.82, 2.24) is 4.90 Å². The largest absolute Gasteiger partial charge is 0.444 e. The van der Waals surface area contributed by atoms with Crippen molar-refractivity contribution in [3.63, 3.8) is 0 Å². The highest BCUT2D eigenvalue weighted by Gasteiger charge is 2.28. The van der Waals surface area contributed by atoms with Crippen LogP contribution in [0.3, 0.4) is 0 Å². The molecule has 92 valence electrons. The van der Waals surface area contributed by atoms with Crippen LogP contribution in [0.2, 0.25) is 0 Å². The van der Waals surface area contributed by atoms with Crippen molar-refractivity contribution >= 4 is 11.9 Å². The summed E-state index contributed by atoms with van der Waals surface area (Å²) in [6.45, 7) is 5.60. The third kappa shape index (κ3) is 3.83. The molecule has 0 radical (unpaired) electrons. The van der Waals surface area contributed by atoms with Crippen LogP contribution in [0.5, 0.6) is 0 Å². The number of ether oxygens (including phenoxy) is 1. The smallest absolute Gasteiger partial charge is 0.410 e. The van der Waals surface area contributed by atoms with Gasteiger partial charge in [-0.2, -0.15) is 0 Å². The molecule has 4 nitrogen and oxygen atoms in total. The molecule has 0 aromatic carbocycles. The molecule has 1 fully saturated rings. The fraction of sp³-hybridized carbons (Fsp3) is 0.833. The summed E-state index contributed by atoms with van der Waals surface area (Å²) in [7, 11) is 1.60. The normalized spacial score (nSPS) is 16.5. The Bertz CT molecular complexity index is 276. The van der Waals surface area contributed by atoms with E-state index in [2.05, 4.69) is 0 Å². The molecule has 0 aromatic heterocycles. The van der Waals surface area contributed by atoms with E-state index < -0.39 is 11.7 Å². The first-order valence-corrected chi connectivity index (χ1v) is 5.76. The predicted octanol–water partition coefficient (Wildman–Crippen LogP) is 2.22. The monoisotopic (exact) mass is 227 g/mol. The van der Waals surface area contributed by atoms with Gasteiger partial charge in [-0.15, -0.1) is 0 Å². The number of ketones is 1. The summed E-state index contributed by atoms with van der Waals surface area (Å²) in [6, 6.07) is 0. The van der Waals surface area contributed by atoms with Gasteiger partial charge in [-0.25, -0.2) is 4.79 Å². The van der Waals surface area contributed by atoms with Gasteiger partial charge in [0.2, 0.25) is 0 Å². The second-order valence-electron chi connectivity index (χ2n) is 5.43. The Balaban J connectivity index is 2.36. The Morgan fingerprint density at radius 3 is 2.25 bits per heavy atom. The molecule has 4 heteroatoms. The van der Waals surface area contributed by atoms with Gasteiger partial charge in [0.15, 0.2) is 5.78 Å². The number of carbonyl (C=O) groups excluding carboxylic acids is 2. The van der Waals surface area contributed by atoms with Gasteiger partial charge in [-0.05, 0) is 33.6 Å². The maximum atomic E-state index is 11.7. The van der Waals surface area contributed by atoms with Gasteiger partial charge in [-0.1, -0.05) is 6.42 Å². The van der Waals surface area contributed by atoms with Crippen molar-refractivity contribution in [3.8, 4) is 0 Å². The lowest BCUT2D eigenvalue weighted by Gasteiger charge is -2.28. The zero-order valence-corrected chi connectivity index (χ0v) is 10.6. The molecule has 1 amide bonds. The van der Waals surface area contributed by atoms with Crippen LogP contribution >= 0.6 is 0 Å². The zero-order valence-electron chi connectivity index (χ0n) is 10.6. The molecule has 1 aliphatic carbocycles. The van der Waals surface area contributed by atoms with E-state index in [0.717, 1.165) is 19.3 Å². The molecule has 0 aromatic rings. The van der Waals surface area contributed by atoms with E-state index in [4.69, 9.17) is 4.74 Å². The number of Topliss-reactive ketones (excluding diaryl/α,β-unsaturated/α-hetero) is 1. The summed E-state index contributed by atoms with van der Waals surface area (Å²) < 4.78 is 5.17. The highest BCUT2D eigenvalue weighted by molar-refractivity contribution is 5.86. The van der Waals surface area contributed by atoms with Crippen molar-refractivity contribution in [2.45, 2.75) is 45.6 Å². The number of rotatable bonds is 3. The fourth-order valence-electron chi connectivity index (χ4n) is 1.50. The van der Waals surface area contributed by atoms with Gasteiger partial charge in [0.25, 0.3) is 0 Å². The van der Waals surface area contributed by atoms with E-state index in [-0.39, 0.29) is 18.2 Å². The van der Waals surface area contributed by atoms with Crippen LogP contribution in [0.4, 0.5) is 4.79 Å². The molecule has 1 saturated carbocycles. The van der Waals surface area contributed by atoms with E-state index in [9.17, 15) is 9.59 Å². The quantitative estimate of drug-likeness (QED) is 0.742. The van der Waals surface area contributed by atoms with Gasteiger partial charge in [0, 0.05) is 13.0 Å². The molecule has 16 heavy (non-hydrogen) atoms. The third-order valence-electron chi connectivity index (χ3n) is 2.66. The molecule has 1 aliphatic rings. The summed E-state index contributed by atoms with van der Waals surface area (Å²) in [5.41, 5.74) is -0.509. The van der Waals surface area contributed by atoms with Crippen LogP contribution in [0.15, 0.2) is 0 Å². The molecule has 0 atom stereocenters. The summed E-state index contributed by atoms with van der Waals surface area (Å²) in [6.07, 6.45) is 2.65. The van der Waals surface area contributed by atoms with Crippen molar-refractivity contribution < 1.29 is 14.3 Å². The maximum Gasteiger partial charge on any atom is 0.410 e. The highest BCUT2D eigenvalue weighted by atomic mass is 16.6. The lowest BCUT2D eigenvalue weighted by atomic mass is 9.82. The molecular formula is C12H21NO3. The van der Waals surface area contributed by atoms with E-state index in [1.807, 2.05) is 20.8 Å². The van der Waals surface area contributed by atoms with Crippen LogP contribution in [0.1, 0.15) is 40.0 Å². The zero-order chi connectivity index (χ0) is 12.3. The Kier molecular flexibility index (Phi) is 3.94. The topological polar surface area (TPSA) is 46.6 Å². The van der Waals surface area contributed by atoms with Crippen LogP contribution in [0.25, 0.3) is 0 Å². The van der Waals surface area contributed by atoms with E-state index >= 15 is 0 Å². The van der Waals surface area contributed by atoms with Gasteiger partial charge in [-0.3, -0.25) is 4.79 Å². The van der Waals surface area contributed by atoms with Gasteiger partial charge in [0.1, 0.15) is 5.60 Å². The Morgan fingerprint density at radius 1 is 1.31 bits per heavy atom. The second kappa shape index (κ2) is 4.85. The average molecular weight is 227 g/mol. The number of likely N-dealkylation sites (N-methyl/N-ethyl adjacent to an activating group) is 1. The maximum absolute atomic E-state index is 11.7. The molecule has 0 bridgehead atoms. The summed E-state index contributed by atoms with van der Waals surface area (Å²) in [5.74, 6) is 0.324. The van der Waals surface area contributed by atoms with Crippen LogP contribution < -0.4 is 0 Å². The summed E-state index contributed by atoms with van der Waals surface area (Å²) in [5, 5.41) is 0. The summed E-state index contributed by atoms with van der Waals surface area (Å²) in [4.78, 5) is 24.6. The van der Waals surface area contributed by atoms with Crippen LogP contribution in [-0.4, -0.2) is 36.0 Å². The Morgan fingerprint density at radius 2 is 1.88 bits per heavy atom. The van der Waals surface area contributed by atoms with Gasteiger partial charge in [0.05, 0.1) is 6.54 Å². The molecule has 0 saturated heterocycles. The minimum absolute atomic E-state index is 0.152. The highest BCUT2D eigenvalue weighted by Crippen LogP contribution is 2.27. The third-order valence-corrected chi connectivity index (χ3v) is 2.66. The number of hydrogen-bond donors (Lipinski definition) is 0. The van der Waals surface area contributed by atoms with Gasteiger partial charge >= 0.3 is 6.09 Å². The van der Waals surface area contributed by atoms with E-state index in [1.165, 1.54) is 4.90 Å². The molecule has 0 unspecified atom stereocenters. The van der Waals surface area contributed by atoms with Crippen molar-refractivity contribution in [2.24, 2.45) is 5.92 Å². The molecule has 0 aliphatic heterocycles. The number of carbonyl (C=O) groups is 2. The van der Waals surface area contributed by atoms with Crippen LogP contribution in [-0.2, 0) is 9.53 Å². The fourth-order valence-corrected chi connectivity index (χ4v) is 1.50. The minimum Gasteiger partial charge on any atom is -0.444 e. The van der Waals surface area contributed by atoms with E-state index in [1.54, 1.807) is 7.05 Å². The minimum atomic E-state index is -0.509. The van der Waals surface area contributed by atoms with Crippen molar-refractivity contribution in [1.29, 1.82) is 0 Å².